The fraction of sp³-hybridized carbons (Fsp3) is 0.562. The van der Waals surface area contributed by atoms with Gasteiger partial charge in [-0.15, -0.1) is 0 Å². The Morgan fingerprint density at radius 3 is 2.80 bits per heavy atom. The minimum Gasteiger partial charge on any atom is -0.493 e. The van der Waals surface area contributed by atoms with Crippen LogP contribution in [0.4, 0.5) is 0 Å². The number of fused-ring (bicyclic) bond motifs is 1. The molecule has 1 fully saturated rings. The van der Waals surface area contributed by atoms with Crippen LogP contribution in [0.1, 0.15) is 55.0 Å². The molecule has 2 aliphatic rings. The molecule has 108 valence electrons. The number of nitrogens with one attached hydrogen (secondary N) is 1. The van der Waals surface area contributed by atoms with E-state index in [1.165, 1.54) is 0 Å². The number of hydrogen-bond acceptors (Lipinski definition) is 3. The molecule has 1 aliphatic carbocycles. The average molecular weight is 275 g/mol. The molecule has 1 heterocycles. The van der Waals surface area contributed by atoms with Crippen molar-refractivity contribution in [2.75, 3.05) is 6.61 Å². The molecule has 1 aromatic carbocycles. The number of aliphatic hydroxyl groups is 1. The highest BCUT2D eigenvalue weighted by Crippen LogP contribution is 2.38. The van der Waals surface area contributed by atoms with Gasteiger partial charge in [0, 0.05) is 17.9 Å². The lowest BCUT2D eigenvalue weighted by Gasteiger charge is -2.29. The first-order valence-electron chi connectivity index (χ1n) is 7.32. The van der Waals surface area contributed by atoms with Gasteiger partial charge in [-0.2, -0.15) is 0 Å². The molecule has 0 spiro atoms. The standard InChI is InChI=1S/C16H21NO3/c1-9-7-12(10(2)18)8-13-14(5-6-20-15(9)13)17-16(19)11-3-4-11/h7-8,10-11,14,18H,3-6H2,1-2H3,(H,17,19). The fourth-order valence-corrected chi connectivity index (χ4v) is 2.75. The van der Waals surface area contributed by atoms with Crippen LogP contribution in [0.5, 0.6) is 5.75 Å². The molecule has 1 amide bonds. The minimum atomic E-state index is -0.513. The number of benzene rings is 1. The van der Waals surface area contributed by atoms with Crippen molar-refractivity contribution in [2.45, 2.75) is 45.3 Å². The number of rotatable bonds is 3. The van der Waals surface area contributed by atoms with Gasteiger partial charge in [-0.3, -0.25) is 4.79 Å². The predicted molar refractivity (Wildman–Crippen MR) is 75.5 cm³/mol. The highest BCUT2D eigenvalue weighted by atomic mass is 16.5. The minimum absolute atomic E-state index is 0.00394. The van der Waals surface area contributed by atoms with Crippen LogP contribution in [0.25, 0.3) is 0 Å². The van der Waals surface area contributed by atoms with E-state index in [2.05, 4.69) is 5.32 Å². The molecule has 0 saturated heterocycles. The highest BCUT2D eigenvalue weighted by Gasteiger charge is 2.33. The Bertz CT molecular complexity index is 535. The summed E-state index contributed by atoms with van der Waals surface area (Å²) in [5.74, 6) is 1.23. The number of aryl methyl sites for hydroxylation is 1. The Morgan fingerprint density at radius 1 is 1.40 bits per heavy atom. The molecule has 4 heteroatoms. The zero-order valence-electron chi connectivity index (χ0n) is 12.0. The molecule has 0 aromatic heterocycles. The molecule has 1 aliphatic heterocycles. The Labute approximate surface area is 119 Å². The Balaban J connectivity index is 1.91. The van der Waals surface area contributed by atoms with E-state index < -0.39 is 6.10 Å². The van der Waals surface area contributed by atoms with E-state index in [4.69, 9.17) is 4.74 Å². The van der Waals surface area contributed by atoms with Crippen LogP contribution >= 0.6 is 0 Å². The van der Waals surface area contributed by atoms with Crippen LogP contribution in [0, 0.1) is 12.8 Å². The number of ether oxygens (including phenoxy) is 1. The lowest BCUT2D eigenvalue weighted by molar-refractivity contribution is -0.123. The fourth-order valence-electron chi connectivity index (χ4n) is 2.75. The first-order chi connectivity index (χ1) is 9.56. The summed E-state index contributed by atoms with van der Waals surface area (Å²) in [5.41, 5.74) is 2.89. The number of carbonyl (C=O) groups excluding carboxylic acids is 1. The van der Waals surface area contributed by atoms with Crippen LogP contribution in [0.3, 0.4) is 0 Å². The van der Waals surface area contributed by atoms with Gasteiger partial charge in [-0.05, 0) is 49.9 Å². The summed E-state index contributed by atoms with van der Waals surface area (Å²) in [5, 5.41) is 12.9. The van der Waals surface area contributed by atoms with Gasteiger partial charge >= 0.3 is 0 Å². The second kappa shape index (κ2) is 5.09. The second-order valence-corrected chi connectivity index (χ2v) is 5.90. The molecule has 0 radical (unpaired) electrons. The van der Waals surface area contributed by atoms with Gasteiger partial charge in [0.2, 0.25) is 5.91 Å². The van der Waals surface area contributed by atoms with Crippen molar-refractivity contribution in [3.63, 3.8) is 0 Å². The summed E-state index contributed by atoms with van der Waals surface area (Å²) in [6, 6.07) is 3.92. The third-order valence-corrected chi connectivity index (χ3v) is 4.10. The monoisotopic (exact) mass is 275 g/mol. The number of carbonyl (C=O) groups is 1. The zero-order valence-corrected chi connectivity index (χ0v) is 12.0. The molecule has 1 saturated carbocycles. The highest BCUT2D eigenvalue weighted by molar-refractivity contribution is 5.81. The third-order valence-electron chi connectivity index (χ3n) is 4.10. The topological polar surface area (TPSA) is 58.6 Å². The van der Waals surface area contributed by atoms with Crippen molar-refractivity contribution in [1.82, 2.24) is 5.32 Å². The van der Waals surface area contributed by atoms with Crippen molar-refractivity contribution in [3.8, 4) is 5.75 Å². The maximum atomic E-state index is 12.0. The van der Waals surface area contributed by atoms with E-state index in [9.17, 15) is 9.90 Å². The van der Waals surface area contributed by atoms with Crippen LogP contribution in [-0.4, -0.2) is 17.6 Å². The van der Waals surface area contributed by atoms with Gasteiger partial charge in [0.25, 0.3) is 0 Å². The molecule has 2 atom stereocenters. The Kier molecular flexibility index (Phi) is 3.42. The van der Waals surface area contributed by atoms with Gasteiger partial charge < -0.3 is 15.2 Å². The molecule has 0 bridgehead atoms. The molecular weight excluding hydrogens is 254 g/mol. The molecule has 1 aromatic rings. The first-order valence-corrected chi connectivity index (χ1v) is 7.32. The molecule has 20 heavy (non-hydrogen) atoms. The van der Waals surface area contributed by atoms with Gasteiger partial charge in [-0.1, -0.05) is 0 Å². The van der Waals surface area contributed by atoms with E-state index in [1.54, 1.807) is 6.92 Å². The van der Waals surface area contributed by atoms with Crippen molar-refractivity contribution >= 4 is 5.91 Å². The summed E-state index contributed by atoms with van der Waals surface area (Å²) < 4.78 is 5.74. The molecule has 2 N–H and O–H groups in total. The Morgan fingerprint density at radius 2 is 2.15 bits per heavy atom. The predicted octanol–water partition coefficient (Wildman–Crippen LogP) is 2.40. The molecular formula is C16H21NO3. The van der Waals surface area contributed by atoms with Crippen LogP contribution < -0.4 is 10.1 Å². The van der Waals surface area contributed by atoms with Crippen molar-refractivity contribution in [2.24, 2.45) is 5.92 Å². The number of hydrogen-bond donors (Lipinski definition) is 2. The van der Waals surface area contributed by atoms with E-state index in [0.717, 1.165) is 41.7 Å². The van der Waals surface area contributed by atoms with E-state index in [1.807, 2.05) is 19.1 Å². The summed E-state index contributed by atoms with van der Waals surface area (Å²) in [7, 11) is 0. The van der Waals surface area contributed by atoms with Gasteiger partial charge in [0.05, 0.1) is 18.8 Å². The van der Waals surface area contributed by atoms with E-state index in [0.29, 0.717) is 6.61 Å². The van der Waals surface area contributed by atoms with Crippen LogP contribution in [0.2, 0.25) is 0 Å². The quantitative estimate of drug-likeness (QED) is 0.890. The smallest absolute Gasteiger partial charge is 0.223 e. The molecule has 3 rings (SSSR count). The summed E-state index contributed by atoms with van der Waals surface area (Å²) in [4.78, 5) is 12.0. The lowest BCUT2D eigenvalue weighted by atomic mass is 9.93. The summed E-state index contributed by atoms with van der Waals surface area (Å²) >= 11 is 0. The van der Waals surface area contributed by atoms with Crippen molar-refractivity contribution < 1.29 is 14.6 Å². The average Bonchev–Trinajstić information content (AvgIpc) is 3.23. The Hall–Kier alpha value is -1.55. The van der Waals surface area contributed by atoms with Crippen molar-refractivity contribution in [3.05, 3.63) is 28.8 Å². The first kappa shape index (κ1) is 13.4. The van der Waals surface area contributed by atoms with Crippen molar-refractivity contribution in [1.29, 1.82) is 0 Å². The lowest BCUT2D eigenvalue weighted by Crippen LogP contribution is -2.33. The number of amides is 1. The van der Waals surface area contributed by atoms with Gasteiger partial charge in [0.1, 0.15) is 5.75 Å². The SMILES string of the molecule is Cc1cc(C(C)O)cc2c1OCCC2NC(=O)C1CC1. The van der Waals surface area contributed by atoms with Crippen LogP contribution in [0.15, 0.2) is 12.1 Å². The maximum absolute atomic E-state index is 12.0. The van der Waals surface area contributed by atoms with Gasteiger partial charge in [0.15, 0.2) is 0 Å². The van der Waals surface area contributed by atoms with E-state index >= 15 is 0 Å². The maximum Gasteiger partial charge on any atom is 0.223 e. The van der Waals surface area contributed by atoms with Gasteiger partial charge in [-0.25, -0.2) is 0 Å². The summed E-state index contributed by atoms with van der Waals surface area (Å²) in [6.07, 6.45) is 2.29. The van der Waals surface area contributed by atoms with Crippen LogP contribution in [-0.2, 0) is 4.79 Å². The largest absolute Gasteiger partial charge is 0.493 e. The second-order valence-electron chi connectivity index (χ2n) is 5.90. The van der Waals surface area contributed by atoms with E-state index in [-0.39, 0.29) is 17.9 Å². The number of aliphatic hydroxyl groups excluding tert-OH is 1. The molecule has 4 nitrogen and oxygen atoms in total. The zero-order chi connectivity index (χ0) is 14.3. The normalized spacial score (nSPS) is 22.6. The third kappa shape index (κ3) is 2.52. The molecule has 2 unspecified atom stereocenters. The summed E-state index contributed by atoms with van der Waals surface area (Å²) in [6.45, 7) is 4.36.